The molecular formula is C33H31FN2O5. The van der Waals surface area contributed by atoms with Crippen LogP contribution in [0.25, 0.3) is 22.4 Å². The molecule has 0 fully saturated rings. The van der Waals surface area contributed by atoms with E-state index in [1.54, 1.807) is 7.05 Å². The number of aromatic nitrogens is 2. The van der Waals surface area contributed by atoms with E-state index >= 15 is 4.39 Å². The summed E-state index contributed by atoms with van der Waals surface area (Å²) < 4.78 is 33.7. The molecule has 1 aromatic heterocycles. The fourth-order valence-corrected chi connectivity index (χ4v) is 6.13. The van der Waals surface area contributed by atoms with E-state index in [0.29, 0.717) is 42.2 Å². The highest BCUT2D eigenvalue weighted by Crippen LogP contribution is 2.45. The molecule has 6 rings (SSSR count). The molecule has 0 saturated heterocycles. The third kappa shape index (κ3) is 4.88. The molecule has 3 aromatic carbocycles. The molecule has 0 saturated carbocycles. The predicted octanol–water partition coefficient (Wildman–Crippen LogP) is 5.98. The molecule has 2 atom stereocenters. The molecule has 0 radical (unpaired) electrons. The van der Waals surface area contributed by atoms with E-state index in [2.05, 4.69) is 4.98 Å². The molecule has 0 spiro atoms. The Hall–Kier alpha value is -4.46. The van der Waals surface area contributed by atoms with Gasteiger partial charge in [0.1, 0.15) is 23.4 Å². The SMILES string of the molecule is COC(=O)CC1COc2cc(O[C@@H]3CCc4c(-c5c(C)cc(-c6cc(=O)n(C)cn6)cc5C)ccc(F)c43)ccc21. The van der Waals surface area contributed by atoms with Crippen molar-refractivity contribution in [3.8, 4) is 33.9 Å². The fourth-order valence-electron chi connectivity index (χ4n) is 6.13. The summed E-state index contributed by atoms with van der Waals surface area (Å²) in [7, 11) is 3.05. The average molecular weight is 555 g/mol. The Morgan fingerprint density at radius 1 is 1.12 bits per heavy atom. The number of hydrogen-bond acceptors (Lipinski definition) is 6. The summed E-state index contributed by atoms with van der Waals surface area (Å²) >= 11 is 0. The lowest BCUT2D eigenvalue weighted by atomic mass is 9.88. The minimum absolute atomic E-state index is 0.0559. The summed E-state index contributed by atoms with van der Waals surface area (Å²) in [5, 5.41) is 0. The number of benzene rings is 3. The Kier molecular flexibility index (Phi) is 6.85. The van der Waals surface area contributed by atoms with Crippen molar-refractivity contribution < 1.29 is 23.4 Å². The molecule has 210 valence electrons. The first kappa shape index (κ1) is 26.7. The van der Waals surface area contributed by atoms with Crippen molar-refractivity contribution in [1.29, 1.82) is 0 Å². The molecule has 1 aliphatic carbocycles. The first-order chi connectivity index (χ1) is 19.7. The van der Waals surface area contributed by atoms with E-state index in [-0.39, 0.29) is 29.7 Å². The monoisotopic (exact) mass is 554 g/mol. The normalized spacial score (nSPS) is 17.1. The van der Waals surface area contributed by atoms with Crippen LogP contribution in [-0.2, 0) is 23.0 Å². The third-order valence-electron chi connectivity index (χ3n) is 8.14. The predicted molar refractivity (Wildman–Crippen MR) is 153 cm³/mol. The minimum atomic E-state index is -0.431. The van der Waals surface area contributed by atoms with Crippen LogP contribution in [0.15, 0.2) is 59.7 Å². The summed E-state index contributed by atoms with van der Waals surface area (Å²) in [6, 6.07) is 14.6. The molecule has 0 amide bonds. The molecule has 0 N–H and O–H groups in total. The number of ether oxygens (including phenoxy) is 3. The highest BCUT2D eigenvalue weighted by Gasteiger charge is 2.32. The quantitative estimate of drug-likeness (QED) is 0.273. The van der Waals surface area contributed by atoms with E-state index in [1.165, 1.54) is 30.1 Å². The van der Waals surface area contributed by atoms with Crippen molar-refractivity contribution in [2.45, 2.75) is 45.1 Å². The Morgan fingerprint density at radius 2 is 1.90 bits per heavy atom. The Morgan fingerprint density at radius 3 is 2.63 bits per heavy atom. The lowest BCUT2D eigenvalue weighted by Gasteiger charge is -2.19. The number of nitrogens with zero attached hydrogens (tertiary/aromatic N) is 2. The van der Waals surface area contributed by atoms with Crippen LogP contribution in [-0.4, -0.2) is 29.2 Å². The number of fused-ring (bicyclic) bond motifs is 2. The van der Waals surface area contributed by atoms with Crippen LogP contribution < -0.4 is 15.0 Å². The van der Waals surface area contributed by atoms with E-state index in [4.69, 9.17) is 14.2 Å². The van der Waals surface area contributed by atoms with Gasteiger partial charge in [-0.3, -0.25) is 9.59 Å². The summed E-state index contributed by atoms with van der Waals surface area (Å²) in [5.41, 5.74) is 7.96. The van der Waals surface area contributed by atoms with Crippen LogP contribution in [0.5, 0.6) is 11.5 Å². The van der Waals surface area contributed by atoms with Crippen molar-refractivity contribution in [3.63, 3.8) is 0 Å². The second kappa shape index (κ2) is 10.5. The zero-order valence-corrected chi connectivity index (χ0v) is 23.5. The Bertz CT molecular complexity index is 1720. The van der Waals surface area contributed by atoms with Crippen LogP contribution in [0.1, 0.15) is 52.7 Å². The zero-order valence-electron chi connectivity index (χ0n) is 23.5. The zero-order chi connectivity index (χ0) is 28.8. The van der Waals surface area contributed by atoms with Gasteiger partial charge in [0.05, 0.1) is 32.2 Å². The fraction of sp³-hybridized carbons (Fsp3) is 0.303. The van der Waals surface area contributed by atoms with Crippen molar-refractivity contribution in [3.05, 3.63) is 98.8 Å². The highest BCUT2D eigenvalue weighted by atomic mass is 19.1. The van der Waals surface area contributed by atoms with Crippen molar-refractivity contribution in [2.24, 2.45) is 7.05 Å². The van der Waals surface area contributed by atoms with Gasteiger partial charge in [0.2, 0.25) is 0 Å². The molecular weight excluding hydrogens is 523 g/mol. The number of halogens is 1. The molecule has 1 aliphatic heterocycles. The van der Waals surface area contributed by atoms with Gasteiger partial charge < -0.3 is 18.8 Å². The number of esters is 1. The van der Waals surface area contributed by atoms with Crippen molar-refractivity contribution in [1.82, 2.24) is 9.55 Å². The van der Waals surface area contributed by atoms with E-state index < -0.39 is 6.10 Å². The second-order valence-electron chi connectivity index (χ2n) is 10.8. The largest absolute Gasteiger partial charge is 0.492 e. The lowest BCUT2D eigenvalue weighted by molar-refractivity contribution is -0.141. The Balaban J connectivity index is 1.30. The van der Waals surface area contributed by atoms with Gasteiger partial charge >= 0.3 is 5.97 Å². The highest BCUT2D eigenvalue weighted by molar-refractivity contribution is 5.79. The topological polar surface area (TPSA) is 79.7 Å². The Labute approximate surface area is 237 Å². The molecule has 7 nitrogen and oxygen atoms in total. The first-order valence-electron chi connectivity index (χ1n) is 13.7. The molecule has 1 unspecified atom stereocenters. The van der Waals surface area contributed by atoms with Gasteiger partial charge in [0, 0.05) is 41.8 Å². The lowest BCUT2D eigenvalue weighted by Crippen LogP contribution is -2.15. The maximum absolute atomic E-state index is 15.3. The van der Waals surface area contributed by atoms with Gasteiger partial charge in [-0.05, 0) is 78.8 Å². The van der Waals surface area contributed by atoms with Gasteiger partial charge in [-0.2, -0.15) is 0 Å². The molecule has 2 heterocycles. The molecule has 2 aliphatic rings. The molecule has 41 heavy (non-hydrogen) atoms. The van der Waals surface area contributed by atoms with Crippen molar-refractivity contribution in [2.75, 3.05) is 13.7 Å². The minimum Gasteiger partial charge on any atom is -0.492 e. The molecule has 4 aromatic rings. The number of rotatable bonds is 6. The number of aryl methyl sites for hydroxylation is 3. The van der Waals surface area contributed by atoms with Gasteiger partial charge in [-0.15, -0.1) is 0 Å². The summed E-state index contributed by atoms with van der Waals surface area (Å²) in [6.07, 6.45) is 2.69. The van der Waals surface area contributed by atoms with Gasteiger partial charge in [-0.25, -0.2) is 9.37 Å². The maximum atomic E-state index is 15.3. The standard InChI is InChI=1S/C33H31FN2O5/c1-18-11-20(27-15-30(37)36(3)17-35-27)12-19(2)32(18)24-7-9-26(34)33-25(24)8-10-28(33)41-22-5-6-23-21(13-31(38)39-4)16-40-29(23)14-22/h5-7,9,11-12,14-15,17,21,28H,8,10,13,16H2,1-4H3/t21?,28-/m1/s1. The summed E-state index contributed by atoms with van der Waals surface area (Å²) in [5.74, 6) is 0.671. The van der Waals surface area contributed by atoms with E-state index in [1.807, 2.05) is 50.2 Å². The van der Waals surface area contributed by atoms with Crippen LogP contribution >= 0.6 is 0 Å². The first-order valence-corrected chi connectivity index (χ1v) is 13.7. The average Bonchev–Trinajstić information content (AvgIpc) is 3.55. The number of methoxy groups -OCH3 is 1. The van der Waals surface area contributed by atoms with Crippen LogP contribution in [0.2, 0.25) is 0 Å². The third-order valence-corrected chi connectivity index (χ3v) is 8.14. The van der Waals surface area contributed by atoms with Crippen molar-refractivity contribution >= 4 is 5.97 Å². The number of hydrogen-bond donors (Lipinski definition) is 0. The molecule has 0 bridgehead atoms. The van der Waals surface area contributed by atoms with Gasteiger partial charge in [-0.1, -0.05) is 12.1 Å². The van der Waals surface area contributed by atoms with Crippen LogP contribution in [0.3, 0.4) is 0 Å². The van der Waals surface area contributed by atoms with Gasteiger partial charge in [0.25, 0.3) is 5.56 Å². The second-order valence-corrected chi connectivity index (χ2v) is 10.8. The van der Waals surface area contributed by atoms with Crippen LogP contribution in [0, 0.1) is 19.7 Å². The number of carbonyl (C=O) groups excluding carboxylic acids is 1. The maximum Gasteiger partial charge on any atom is 0.306 e. The molecule has 8 heteroatoms. The number of carbonyl (C=O) groups is 1. The van der Waals surface area contributed by atoms with Gasteiger partial charge in [0.15, 0.2) is 0 Å². The van der Waals surface area contributed by atoms with E-state index in [9.17, 15) is 9.59 Å². The summed E-state index contributed by atoms with van der Waals surface area (Å²) in [4.78, 5) is 28.3. The summed E-state index contributed by atoms with van der Waals surface area (Å²) in [6.45, 7) is 4.47. The van der Waals surface area contributed by atoms with E-state index in [0.717, 1.165) is 38.9 Å². The smallest absolute Gasteiger partial charge is 0.306 e. The van der Waals surface area contributed by atoms with Crippen LogP contribution in [0.4, 0.5) is 4.39 Å².